The number of benzene rings is 1. The number of fused-ring (bicyclic) bond motifs is 3. The first-order chi connectivity index (χ1) is 9.13. The fraction of sp³-hybridized carbons (Fsp3) is 0.500. The van der Waals surface area contributed by atoms with Gasteiger partial charge in [-0.15, -0.1) is 0 Å². The van der Waals surface area contributed by atoms with Gasteiger partial charge in [-0.3, -0.25) is 4.90 Å². The Morgan fingerprint density at radius 2 is 2.00 bits per heavy atom. The van der Waals surface area contributed by atoms with Crippen molar-refractivity contribution in [2.24, 2.45) is 5.73 Å². The van der Waals surface area contributed by atoms with Crippen molar-refractivity contribution in [2.75, 3.05) is 20.1 Å². The van der Waals surface area contributed by atoms with Crippen LogP contribution in [0, 0.1) is 13.8 Å². The molecule has 1 aliphatic heterocycles. The standard InChI is InChI=1S/C16H23N3/c1-11-4-5-14-13(6-7-17)15-10-18(3)8-9-19(15)16(14)12(11)2/h4-5H,6-10,17H2,1-3H3. The van der Waals surface area contributed by atoms with E-state index in [2.05, 4.69) is 42.5 Å². The highest BCUT2D eigenvalue weighted by molar-refractivity contribution is 5.89. The second-order valence-corrected chi connectivity index (χ2v) is 5.76. The van der Waals surface area contributed by atoms with Gasteiger partial charge in [0, 0.05) is 30.7 Å². The number of likely N-dealkylation sites (N-methyl/N-ethyl adjacent to an activating group) is 1. The first-order valence-electron chi connectivity index (χ1n) is 7.12. The summed E-state index contributed by atoms with van der Waals surface area (Å²) in [6.45, 7) is 8.44. The smallest absolute Gasteiger partial charge is 0.0518 e. The van der Waals surface area contributed by atoms with Gasteiger partial charge in [0.25, 0.3) is 0 Å². The lowest BCUT2D eigenvalue weighted by molar-refractivity contribution is 0.271. The summed E-state index contributed by atoms with van der Waals surface area (Å²) in [5.74, 6) is 0. The zero-order valence-electron chi connectivity index (χ0n) is 12.2. The minimum absolute atomic E-state index is 0.725. The van der Waals surface area contributed by atoms with Gasteiger partial charge < -0.3 is 10.3 Å². The van der Waals surface area contributed by atoms with Gasteiger partial charge >= 0.3 is 0 Å². The third-order valence-corrected chi connectivity index (χ3v) is 4.49. The zero-order chi connectivity index (χ0) is 13.6. The number of nitrogens with two attached hydrogens (primary N) is 1. The molecule has 2 aromatic rings. The summed E-state index contributed by atoms with van der Waals surface area (Å²) in [6.07, 6.45) is 0.981. The van der Waals surface area contributed by atoms with E-state index in [1.807, 2.05) is 0 Å². The van der Waals surface area contributed by atoms with Crippen LogP contribution >= 0.6 is 0 Å². The van der Waals surface area contributed by atoms with E-state index in [1.54, 1.807) is 0 Å². The Bertz CT molecular complexity index is 625. The minimum Gasteiger partial charge on any atom is -0.342 e. The first-order valence-corrected chi connectivity index (χ1v) is 7.12. The fourth-order valence-electron chi connectivity index (χ4n) is 3.30. The van der Waals surface area contributed by atoms with Gasteiger partial charge in [-0.1, -0.05) is 12.1 Å². The molecule has 102 valence electrons. The molecule has 0 saturated heterocycles. The van der Waals surface area contributed by atoms with Gasteiger partial charge in [0.05, 0.1) is 5.52 Å². The molecule has 1 aliphatic rings. The van der Waals surface area contributed by atoms with Crippen molar-refractivity contribution in [2.45, 2.75) is 33.4 Å². The van der Waals surface area contributed by atoms with Crippen LogP contribution in [-0.2, 0) is 19.5 Å². The average Bonchev–Trinajstić information content (AvgIpc) is 2.69. The minimum atomic E-state index is 0.725. The van der Waals surface area contributed by atoms with E-state index in [0.717, 1.165) is 32.6 Å². The molecule has 0 spiro atoms. The Balaban J connectivity index is 2.33. The van der Waals surface area contributed by atoms with Crippen molar-refractivity contribution >= 4 is 10.9 Å². The van der Waals surface area contributed by atoms with E-state index in [0.29, 0.717) is 0 Å². The molecule has 2 heterocycles. The normalized spacial score (nSPS) is 16.0. The molecule has 3 nitrogen and oxygen atoms in total. The van der Waals surface area contributed by atoms with Crippen LogP contribution in [0.3, 0.4) is 0 Å². The van der Waals surface area contributed by atoms with Gasteiger partial charge in [-0.05, 0) is 50.6 Å². The van der Waals surface area contributed by atoms with E-state index in [4.69, 9.17) is 5.73 Å². The third kappa shape index (κ3) is 1.88. The van der Waals surface area contributed by atoms with Crippen LogP contribution in [0.25, 0.3) is 10.9 Å². The van der Waals surface area contributed by atoms with Crippen molar-refractivity contribution in [1.29, 1.82) is 0 Å². The van der Waals surface area contributed by atoms with Crippen LogP contribution in [0.2, 0.25) is 0 Å². The Morgan fingerprint density at radius 3 is 2.74 bits per heavy atom. The van der Waals surface area contributed by atoms with E-state index < -0.39 is 0 Å². The average molecular weight is 257 g/mol. The van der Waals surface area contributed by atoms with Gasteiger partial charge in [-0.2, -0.15) is 0 Å². The van der Waals surface area contributed by atoms with Crippen LogP contribution in [0.15, 0.2) is 12.1 Å². The van der Waals surface area contributed by atoms with Crippen LogP contribution in [0.4, 0.5) is 0 Å². The second-order valence-electron chi connectivity index (χ2n) is 5.76. The molecule has 1 aromatic carbocycles. The van der Waals surface area contributed by atoms with Crippen molar-refractivity contribution in [1.82, 2.24) is 9.47 Å². The lowest BCUT2D eigenvalue weighted by Gasteiger charge is -2.26. The summed E-state index contributed by atoms with van der Waals surface area (Å²) in [5, 5.41) is 1.42. The Hall–Kier alpha value is -1.32. The summed E-state index contributed by atoms with van der Waals surface area (Å²) in [6, 6.07) is 4.53. The number of hydrogen-bond donors (Lipinski definition) is 1. The van der Waals surface area contributed by atoms with E-state index in [-0.39, 0.29) is 0 Å². The Kier molecular flexibility index (Phi) is 3.11. The topological polar surface area (TPSA) is 34.2 Å². The molecular formula is C16H23N3. The maximum absolute atomic E-state index is 5.82. The van der Waals surface area contributed by atoms with Crippen molar-refractivity contribution in [3.05, 3.63) is 34.5 Å². The predicted molar refractivity (Wildman–Crippen MR) is 80.5 cm³/mol. The van der Waals surface area contributed by atoms with Crippen LogP contribution in [0.5, 0.6) is 0 Å². The quantitative estimate of drug-likeness (QED) is 0.895. The molecule has 0 unspecified atom stereocenters. The summed E-state index contributed by atoms with van der Waals surface area (Å²) >= 11 is 0. The van der Waals surface area contributed by atoms with Crippen molar-refractivity contribution in [3.63, 3.8) is 0 Å². The van der Waals surface area contributed by atoms with E-state index in [9.17, 15) is 0 Å². The zero-order valence-corrected chi connectivity index (χ0v) is 12.2. The molecule has 3 rings (SSSR count). The molecule has 19 heavy (non-hydrogen) atoms. The van der Waals surface area contributed by atoms with Gasteiger partial charge in [-0.25, -0.2) is 0 Å². The number of aromatic nitrogens is 1. The third-order valence-electron chi connectivity index (χ3n) is 4.49. The summed E-state index contributed by atoms with van der Waals surface area (Å²) in [5.41, 5.74) is 13.0. The summed E-state index contributed by atoms with van der Waals surface area (Å²) < 4.78 is 2.53. The van der Waals surface area contributed by atoms with Crippen molar-refractivity contribution < 1.29 is 0 Å². The maximum Gasteiger partial charge on any atom is 0.0518 e. The van der Waals surface area contributed by atoms with Crippen molar-refractivity contribution in [3.8, 4) is 0 Å². The SMILES string of the molecule is Cc1ccc2c(CCN)c3n(c2c1C)CCN(C)C3. The number of aryl methyl sites for hydroxylation is 2. The van der Waals surface area contributed by atoms with E-state index in [1.165, 1.54) is 33.3 Å². The fourth-order valence-corrected chi connectivity index (χ4v) is 3.30. The monoisotopic (exact) mass is 257 g/mol. The largest absolute Gasteiger partial charge is 0.342 e. The maximum atomic E-state index is 5.82. The molecule has 0 aliphatic carbocycles. The molecule has 1 aromatic heterocycles. The molecule has 0 fully saturated rings. The number of rotatable bonds is 2. The molecule has 3 heteroatoms. The summed E-state index contributed by atoms with van der Waals surface area (Å²) in [4.78, 5) is 2.40. The highest BCUT2D eigenvalue weighted by Crippen LogP contribution is 2.32. The lowest BCUT2D eigenvalue weighted by atomic mass is 10.0. The lowest BCUT2D eigenvalue weighted by Crippen LogP contribution is -2.30. The van der Waals surface area contributed by atoms with Crippen LogP contribution in [-0.4, -0.2) is 29.6 Å². The highest BCUT2D eigenvalue weighted by Gasteiger charge is 2.22. The molecule has 2 N–H and O–H groups in total. The van der Waals surface area contributed by atoms with Crippen LogP contribution in [0.1, 0.15) is 22.4 Å². The first kappa shape index (κ1) is 12.7. The van der Waals surface area contributed by atoms with Gasteiger partial charge in [0.15, 0.2) is 0 Å². The molecule has 0 radical (unpaired) electrons. The molecule has 0 amide bonds. The number of hydrogen-bond acceptors (Lipinski definition) is 2. The van der Waals surface area contributed by atoms with E-state index >= 15 is 0 Å². The molecule has 0 bridgehead atoms. The number of nitrogens with zero attached hydrogens (tertiary/aromatic N) is 2. The predicted octanol–water partition coefficient (Wildman–Crippen LogP) is 2.20. The van der Waals surface area contributed by atoms with Gasteiger partial charge in [0.2, 0.25) is 0 Å². The van der Waals surface area contributed by atoms with Crippen LogP contribution < -0.4 is 5.73 Å². The highest BCUT2D eigenvalue weighted by atomic mass is 15.2. The Morgan fingerprint density at radius 1 is 1.21 bits per heavy atom. The Labute approximate surface area is 115 Å². The molecule has 0 saturated carbocycles. The molecule has 0 atom stereocenters. The second kappa shape index (κ2) is 4.66. The molecular weight excluding hydrogens is 234 g/mol. The summed E-state index contributed by atoms with van der Waals surface area (Å²) in [7, 11) is 2.20. The van der Waals surface area contributed by atoms with Gasteiger partial charge in [0.1, 0.15) is 0 Å².